The van der Waals surface area contributed by atoms with Crippen LogP contribution in [0.5, 0.6) is 0 Å². The van der Waals surface area contributed by atoms with E-state index in [4.69, 9.17) is 11.6 Å². The first-order chi connectivity index (χ1) is 11.4. The van der Waals surface area contributed by atoms with E-state index >= 15 is 0 Å². The van der Waals surface area contributed by atoms with Gasteiger partial charge in [-0.2, -0.15) is 0 Å². The summed E-state index contributed by atoms with van der Waals surface area (Å²) in [6, 6.07) is 11.8. The summed E-state index contributed by atoms with van der Waals surface area (Å²) in [5.74, 6) is 0.566. The van der Waals surface area contributed by atoms with E-state index in [1.165, 1.54) is 6.07 Å². The molecule has 0 fully saturated rings. The first-order valence-corrected chi connectivity index (χ1v) is 8.97. The number of rotatable bonds is 4. The van der Waals surface area contributed by atoms with E-state index in [1.807, 2.05) is 6.07 Å². The van der Waals surface area contributed by atoms with Gasteiger partial charge in [0.1, 0.15) is 6.33 Å². The number of hydrogen-bond acceptors (Lipinski definition) is 4. The molecule has 1 aromatic heterocycles. The Morgan fingerprint density at radius 2 is 1.92 bits per heavy atom. The molecule has 0 bridgehead atoms. The summed E-state index contributed by atoms with van der Waals surface area (Å²) in [7, 11) is -1.99. The van der Waals surface area contributed by atoms with Gasteiger partial charge in [-0.15, -0.1) is 10.2 Å². The number of nitrogens with zero attached hydrogens (tertiary/aromatic N) is 3. The second kappa shape index (κ2) is 6.26. The Morgan fingerprint density at radius 3 is 2.62 bits per heavy atom. The highest BCUT2D eigenvalue weighted by Crippen LogP contribution is 2.29. The summed E-state index contributed by atoms with van der Waals surface area (Å²) in [5.41, 5.74) is 1.68. The Balaban J connectivity index is 2.06. The topological polar surface area (TPSA) is 76.9 Å². The van der Waals surface area contributed by atoms with E-state index in [9.17, 15) is 8.42 Å². The van der Waals surface area contributed by atoms with Crippen molar-refractivity contribution in [3.05, 3.63) is 59.4 Å². The lowest BCUT2D eigenvalue weighted by atomic mass is 10.2. The third kappa shape index (κ3) is 3.13. The first-order valence-electron chi connectivity index (χ1n) is 7.11. The number of sulfonamides is 1. The second-order valence-corrected chi connectivity index (χ2v) is 7.41. The highest BCUT2D eigenvalue weighted by molar-refractivity contribution is 7.92. The maximum absolute atomic E-state index is 12.8. The molecule has 6 nitrogen and oxygen atoms in total. The molecule has 0 saturated carbocycles. The third-order valence-corrected chi connectivity index (χ3v) is 5.31. The Bertz CT molecular complexity index is 999. The predicted octanol–water partition coefficient (Wildman–Crippen LogP) is 3.24. The van der Waals surface area contributed by atoms with Gasteiger partial charge in [-0.25, -0.2) is 8.42 Å². The van der Waals surface area contributed by atoms with Crippen molar-refractivity contribution in [2.75, 3.05) is 4.72 Å². The molecule has 3 aromatic rings. The number of hydrogen-bond donors (Lipinski definition) is 1. The quantitative estimate of drug-likeness (QED) is 0.772. The highest BCUT2D eigenvalue weighted by Gasteiger charge is 2.20. The largest absolute Gasteiger partial charge is 0.317 e. The minimum absolute atomic E-state index is 0.141. The molecule has 0 spiro atoms. The van der Waals surface area contributed by atoms with Crippen molar-refractivity contribution < 1.29 is 8.42 Å². The zero-order valence-corrected chi connectivity index (χ0v) is 14.6. The van der Waals surface area contributed by atoms with Crippen molar-refractivity contribution in [1.29, 1.82) is 0 Å². The molecule has 1 N–H and O–H groups in total. The Labute approximate surface area is 145 Å². The normalized spacial score (nSPS) is 11.5. The lowest BCUT2D eigenvalue weighted by Gasteiger charge is -2.13. The zero-order chi connectivity index (χ0) is 17.3. The Kier molecular flexibility index (Phi) is 4.29. The average molecular weight is 363 g/mol. The zero-order valence-electron chi connectivity index (χ0n) is 13.1. The molecule has 0 aliphatic rings. The van der Waals surface area contributed by atoms with Gasteiger partial charge in [0, 0.05) is 17.6 Å². The molecule has 0 amide bonds. The fourth-order valence-electron chi connectivity index (χ4n) is 2.36. The number of para-hydroxylation sites is 1. The van der Waals surface area contributed by atoms with Gasteiger partial charge in [0.15, 0.2) is 5.82 Å². The monoisotopic (exact) mass is 362 g/mol. The standard InChI is InChI=1S/C16H15ClN4O2S/c1-11-7-8-12(17)9-15(11)24(22,23)20-14-6-4-3-5-13(14)16-19-18-10-21(16)2/h3-10,20H,1-2H3. The minimum atomic E-state index is -3.78. The van der Waals surface area contributed by atoms with Gasteiger partial charge in [0.25, 0.3) is 10.0 Å². The van der Waals surface area contributed by atoms with Crippen LogP contribution in [-0.2, 0) is 17.1 Å². The average Bonchev–Trinajstić information content (AvgIpc) is 2.96. The summed E-state index contributed by atoms with van der Waals surface area (Å²) in [6.45, 7) is 1.72. The van der Waals surface area contributed by atoms with E-state index < -0.39 is 10.0 Å². The number of anilines is 1. The van der Waals surface area contributed by atoms with Crippen molar-refractivity contribution in [2.45, 2.75) is 11.8 Å². The van der Waals surface area contributed by atoms with Gasteiger partial charge in [-0.3, -0.25) is 4.72 Å². The SMILES string of the molecule is Cc1ccc(Cl)cc1S(=O)(=O)Nc1ccccc1-c1nncn1C. The van der Waals surface area contributed by atoms with Gasteiger partial charge in [-0.1, -0.05) is 29.8 Å². The Morgan fingerprint density at radius 1 is 1.17 bits per heavy atom. The maximum Gasteiger partial charge on any atom is 0.262 e. The van der Waals surface area contributed by atoms with Gasteiger partial charge < -0.3 is 4.57 Å². The fraction of sp³-hybridized carbons (Fsp3) is 0.125. The van der Waals surface area contributed by atoms with E-state index in [2.05, 4.69) is 14.9 Å². The van der Waals surface area contributed by atoms with E-state index in [-0.39, 0.29) is 4.90 Å². The number of aryl methyl sites for hydroxylation is 2. The van der Waals surface area contributed by atoms with Crippen LogP contribution in [0.4, 0.5) is 5.69 Å². The van der Waals surface area contributed by atoms with Crippen LogP contribution in [0.1, 0.15) is 5.56 Å². The summed E-state index contributed by atoms with van der Waals surface area (Å²) in [4.78, 5) is 0.141. The minimum Gasteiger partial charge on any atom is -0.317 e. The van der Waals surface area contributed by atoms with Crippen molar-refractivity contribution >= 4 is 27.3 Å². The van der Waals surface area contributed by atoms with E-state index in [1.54, 1.807) is 55.2 Å². The van der Waals surface area contributed by atoms with Crippen molar-refractivity contribution in [1.82, 2.24) is 14.8 Å². The molecule has 0 radical (unpaired) electrons. The number of nitrogens with one attached hydrogen (secondary N) is 1. The predicted molar refractivity (Wildman–Crippen MR) is 93.4 cm³/mol. The molecular weight excluding hydrogens is 348 g/mol. The number of aromatic nitrogens is 3. The van der Waals surface area contributed by atoms with Gasteiger partial charge in [-0.05, 0) is 36.8 Å². The first kappa shape index (κ1) is 16.5. The van der Waals surface area contributed by atoms with Gasteiger partial charge >= 0.3 is 0 Å². The van der Waals surface area contributed by atoms with Crippen LogP contribution < -0.4 is 4.72 Å². The van der Waals surface area contributed by atoms with Crippen molar-refractivity contribution in [3.63, 3.8) is 0 Å². The van der Waals surface area contributed by atoms with Crippen LogP contribution in [0.25, 0.3) is 11.4 Å². The van der Waals surface area contributed by atoms with Crippen LogP contribution in [0.3, 0.4) is 0 Å². The molecule has 1 heterocycles. The molecule has 0 aliphatic carbocycles. The molecule has 8 heteroatoms. The molecular formula is C16H15ClN4O2S. The second-order valence-electron chi connectivity index (χ2n) is 5.33. The van der Waals surface area contributed by atoms with Crippen LogP contribution in [-0.4, -0.2) is 23.2 Å². The maximum atomic E-state index is 12.8. The van der Waals surface area contributed by atoms with E-state index in [0.29, 0.717) is 27.7 Å². The molecule has 3 rings (SSSR count). The smallest absolute Gasteiger partial charge is 0.262 e. The number of halogens is 1. The van der Waals surface area contributed by atoms with Gasteiger partial charge in [0.05, 0.1) is 10.6 Å². The third-order valence-electron chi connectivity index (χ3n) is 3.56. The van der Waals surface area contributed by atoms with Crippen molar-refractivity contribution in [2.24, 2.45) is 7.05 Å². The summed E-state index contributed by atoms with van der Waals surface area (Å²) in [6.07, 6.45) is 1.56. The molecule has 0 saturated heterocycles. The van der Waals surface area contributed by atoms with E-state index in [0.717, 1.165) is 0 Å². The lowest BCUT2D eigenvalue weighted by Crippen LogP contribution is -2.15. The molecule has 0 aliphatic heterocycles. The van der Waals surface area contributed by atoms with Crippen LogP contribution in [0.15, 0.2) is 53.7 Å². The Hall–Kier alpha value is -2.38. The molecule has 0 atom stereocenters. The van der Waals surface area contributed by atoms with Crippen LogP contribution in [0, 0.1) is 6.92 Å². The molecule has 0 unspecified atom stereocenters. The van der Waals surface area contributed by atoms with Crippen LogP contribution >= 0.6 is 11.6 Å². The van der Waals surface area contributed by atoms with Crippen molar-refractivity contribution in [3.8, 4) is 11.4 Å². The molecule has 24 heavy (non-hydrogen) atoms. The lowest BCUT2D eigenvalue weighted by molar-refractivity contribution is 0.600. The number of benzene rings is 2. The van der Waals surface area contributed by atoms with Crippen LogP contribution in [0.2, 0.25) is 5.02 Å². The molecule has 2 aromatic carbocycles. The fourth-order valence-corrected chi connectivity index (χ4v) is 3.95. The van der Waals surface area contributed by atoms with Gasteiger partial charge in [0.2, 0.25) is 0 Å². The summed E-state index contributed by atoms with van der Waals surface area (Å²) >= 11 is 5.95. The summed E-state index contributed by atoms with van der Waals surface area (Å²) < 4.78 is 29.9. The summed E-state index contributed by atoms with van der Waals surface area (Å²) in [5, 5.41) is 8.24. The molecule has 124 valence electrons. The highest BCUT2D eigenvalue weighted by atomic mass is 35.5.